The maximum atomic E-state index is 9.19. The van der Waals surface area contributed by atoms with Crippen LogP contribution in [0.25, 0.3) is 5.57 Å². The van der Waals surface area contributed by atoms with Crippen molar-refractivity contribution >= 4 is 22.9 Å². The van der Waals surface area contributed by atoms with E-state index >= 15 is 0 Å². The number of allylic oxidation sites excluding steroid dienone is 2. The van der Waals surface area contributed by atoms with Gasteiger partial charge in [0.15, 0.2) is 0 Å². The van der Waals surface area contributed by atoms with Gasteiger partial charge in [0.05, 0.1) is 5.71 Å². The van der Waals surface area contributed by atoms with E-state index in [1.807, 2.05) is 48.5 Å². The van der Waals surface area contributed by atoms with Crippen molar-refractivity contribution in [3.05, 3.63) is 76.8 Å². The Morgan fingerprint density at radius 2 is 1.67 bits per heavy atom. The lowest BCUT2D eigenvalue weighted by Crippen LogP contribution is -2.12. The molecular formula is C18H16ClNO. The molecule has 2 aromatic carbocycles. The van der Waals surface area contributed by atoms with Crippen LogP contribution in [0.2, 0.25) is 5.02 Å². The number of benzene rings is 2. The van der Waals surface area contributed by atoms with Crippen molar-refractivity contribution in [1.82, 2.24) is 0 Å². The second-order valence-electron chi connectivity index (χ2n) is 5.28. The lowest BCUT2D eigenvalue weighted by atomic mass is 9.81. The number of halogens is 1. The molecule has 0 heterocycles. The Balaban J connectivity index is 1.93. The third kappa shape index (κ3) is 3.17. The first-order chi connectivity index (χ1) is 10.3. The number of hydrogen-bond acceptors (Lipinski definition) is 2. The number of nitrogens with zero attached hydrogens (tertiary/aromatic N) is 1. The summed E-state index contributed by atoms with van der Waals surface area (Å²) in [6.45, 7) is 0. The molecule has 0 bridgehead atoms. The monoisotopic (exact) mass is 297 g/mol. The predicted molar refractivity (Wildman–Crippen MR) is 87.1 cm³/mol. The molecule has 3 heteroatoms. The van der Waals surface area contributed by atoms with E-state index in [0.717, 1.165) is 29.1 Å². The van der Waals surface area contributed by atoms with Crippen molar-refractivity contribution in [3.8, 4) is 0 Å². The zero-order valence-electron chi connectivity index (χ0n) is 11.5. The molecule has 2 aromatic rings. The summed E-state index contributed by atoms with van der Waals surface area (Å²) in [5, 5.41) is 13.3. The molecule has 1 N–H and O–H groups in total. The van der Waals surface area contributed by atoms with Crippen molar-refractivity contribution in [3.63, 3.8) is 0 Å². The lowest BCUT2D eigenvalue weighted by Gasteiger charge is -2.24. The first-order valence-electron chi connectivity index (χ1n) is 6.98. The van der Waals surface area contributed by atoms with Crippen molar-refractivity contribution in [1.29, 1.82) is 0 Å². The predicted octanol–water partition coefficient (Wildman–Crippen LogP) is 5.13. The molecule has 21 heavy (non-hydrogen) atoms. The van der Waals surface area contributed by atoms with Gasteiger partial charge in [-0.05, 0) is 47.2 Å². The van der Waals surface area contributed by atoms with E-state index in [4.69, 9.17) is 11.6 Å². The SMILES string of the molecule is O/N=C1\C=C(c2ccc(Cl)cc2)CC(c2ccccc2)C1. The average molecular weight is 298 g/mol. The highest BCUT2D eigenvalue weighted by molar-refractivity contribution is 6.30. The second-order valence-corrected chi connectivity index (χ2v) is 5.72. The number of rotatable bonds is 2. The maximum absolute atomic E-state index is 9.19. The molecule has 1 aliphatic carbocycles. The van der Waals surface area contributed by atoms with Crippen LogP contribution < -0.4 is 0 Å². The van der Waals surface area contributed by atoms with Gasteiger partial charge in [0.25, 0.3) is 0 Å². The van der Waals surface area contributed by atoms with E-state index in [-0.39, 0.29) is 0 Å². The van der Waals surface area contributed by atoms with E-state index in [2.05, 4.69) is 17.3 Å². The van der Waals surface area contributed by atoms with Crippen molar-refractivity contribution in [2.75, 3.05) is 0 Å². The largest absolute Gasteiger partial charge is 0.411 e. The van der Waals surface area contributed by atoms with Crippen molar-refractivity contribution < 1.29 is 5.21 Å². The summed E-state index contributed by atoms with van der Waals surface area (Å²) in [4.78, 5) is 0. The molecule has 0 aliphatic heterocycles. The van der Waals surface area contributed by atoms with Gasteiger partial charge in [0.2, 0.25) is 0 Å². The van der Waals surface area contributed by atoms with E-state index in [1.54, 1.807) is 0 Å². The third-order valence-corrected chi connectivity index (χ3v) is 4.13. The van der Waals surface area contributed by atoms with Gasteiger partial charge in [-0.3, -0.25) is 0 Å². The fourth-order valence-electron chi connectivity index (χ4n) is 2.80. The number of oxime groups is 1. The Kier molecular flexibility index (Phi) is 4.07. The molecule has 1 atom stereocenters. The van der Waals surface area contributed by atoms with Crippen molar-refractivity contribution in [2.45, 2.75) is 18.8 Å². The highest BCUT2D eigenvalue weighted by Crippen LogP contribution is 2.36. The Hall–Kier alpha value is -2.06. The summed E-state index contributed by atoms with van der Waals surface area (Å²) in [7, 11) is 0. The average Bonchev–Trinajstić information content (AvgIpc) is 2.56. The summed E-state index contributed by atoms with van der Waals surface area (Å²) in [6.07, 6.45) is 3.67. The van der Waals surface area contributed by atoms with Crippen LogP contribution in [0.3, 0.4) is 0 Å². The summed E-state index contributed by atoms with van der Waals surface area (Å²) in [6, 6.07) is 18.2. The molecular weight excluding hydrogens is 282 g/mol. The maximum Gasteiger partial charge on any atom is 0.0804 e. The molecule has 1 aliphatic rings. The second kappa shape index (κ2) is 6.15. The molecule has 106 valence electrons. The van der Waals surface area contributed by atoms with Gasteiger partial charge in [-0.25, -0.2) is 0 Å². The summed E-state index contributed by atoms with van der Waals surface area (Å²) in [5.41, 5.74) is 4.30. The third-order valence-electron chi connectivity index (χ3n) is 3.88. The molecule has 0 saturated heterocycles. The van der Waals surface area contributed by atoms with Crippen LogP contribution >= 0.6 is 11.6 Å². The van der Waals surface area contributed by atoms with Crippen LogP contribution in [0.15, 0.2) is 65.8 Å². The molecule has 0 aromatic heterocycles. The molecule has 0 amide bonds. The van der Waals surface area contributed by atoms with Crippen LogP contribution in [-0.2, 0) is 0 Å². The Bertz CT molecular complexity index is 674. The first-order valence-corrected chi connectivity index (χ1v) is 7.36. The standard InChI is InChI=1S/C18H16ClNO/c19-17-8-6-14(7-9-17)16-10-15(11-18(12-16)20-21)13-4-2-1-3-5-13/h1-9,12,15,21H,10-11H2/b20-18-. The van der Waals surface area contributed by atoms with Crippen LogP contribution in [-0.4, -0.2) is 10.9 Å². The highest BCUT2D eigenvalue weighted by atomic mass is 35.5. The van der Waals surface area contributed by atoms with Crippen LogP contribution in [0.4, 0.5) is 0 Å². The lowest BCUT2D eigenvalue weighted by molar-refractivity contribution is 0.317. The van der Waals surface area contributed by atoms with Gasteiger partial charge < -0.3 is 5.21 Å². The van der Waals surface area contributed by atoms with E-state index in [9.17, 15) is 5.21 Å². The molecule has 0 radical (unpaired) electrons. The summed E-state index contributed by atoms with van der Waals surface area (Å²) < 4.78 is 0. The fraction of sp³-hybridized carbons (Fsp3) is 0.167. The van der Waals surface area contributed by atoms with Crippen LogP contribution in [0.5, 0.6) is 0 Å². The first kappa shape index (κ1) is 13.9. The summed E-state index contributed by atoms with van der Waals surface area (Å²) in [5.74, 6) is 0.341. The zero-order valence-corrected chi connectivity index (χ0v) is 12.3. The van der Waals surface area contributed by atoms with Gasteiger partial charge in [0.1, 0.15) is 0 Å². The zero-order chi connectivity index (χ0) is 14.7. The van der Waals surface area contributed by atoms with Gasteiger partial charge in [-0.15, -0.1) is 0 Å². The van der Waals surface area contributed by atoms with Gasteiger partial charge in [-0.1, -0.05) is 59.2 Å². The molecule has 3 rings (SSSR count). The van der Waals surface area contributed by atoms with Gasteiger partial charge >= 0.3 is 0 Å². The normalized spacial score (nSPS) is 20.3. The Morgan fingerprint density at radius 3 is 2.33 bits per heavy atom. The smallest absolute Gasteiger partial charge is 0.0804 e. The van der Waals surface area contributed by atoms with Crippen LogP contribution in [0.1, 0.15) is 29.9 Å². The number of hydrogen-bond donors (Lipinski definition) is 1. The molecule has 2 nitrogen and oxygen atoms in total. The van der Waals surface area contributed by atoms with Gasteiger partial charge in [0, 0.05) is 11.4 Å². The summed E-state index contributed by atoms with van der Waals surface area (Å²) >= 11 is 5.95. The molecule has 1 unspecified atom stereocenters. The quantitative estimate of drug-likeness (QED) is 0.605. The Morgan fingerprint density at radius 1 is 0.952 bits per heavy atom. The minimum Gasteiger partial charge on any atom is -0.411 e. The van der Waals surface area contributed by atoms with Crippen molar-refractivity contribution in [2.24, 2.45) is 5.16 Å². The Labute approximate surface area is 129 Å². The van der Waals surface area contributed by atoms with E-state index in [0.29, 0.717) is 5.92 Å². The fourth-order valence-corrected chi connectivity index (χ4v) is 2.93. The molecule has 0 saturated carbocycles. The van der Waals surface area contributed by atoms with Gasteiger partial charge in [-0.2, -0.15) is 0 Å². The highest BCUT2D eigenvalue weighted by Gasteiger charge is 2.22. The van der Waals surface area contributed by atoms with Crippen LogP contribution in [0, 0.1) is 0 Å². The minimum atomic E-state index is 0.341. The molecule has 0 spiro atoms. The molecule has 0 fully saturated rings. The van der Waals surface area contributed by atoms with E-state index in [1.165, 1.54) is 11.1 Å². The topological polar surface area (TPSA) is 32.6 Å². The van der Waals surface area contributed by atoms with E-state index < -0.39 is 0 Å². The minimum absolute atomic E-state index is 0.341.